The molecule has 2 fully saturated rings. The zero-order valence-electron chi connectivity index (χ0n) is 11.5. The Labute approximate surface area is 120 Å². The molecule has 5 heteroatoms. The number of hydrogen-bond donors (Lipinski definition) is 1. The number of sulfonamides is 1. The largest absolute Gasteiger partial charge is 0.507 e. The Morgan fingerprint density at radius 1 is 1.05 bits per heavy atom. The quantitative estimate of drug-likeness (QED) is 0.912. The Hall–Kier alpha value is -1.07. The van der Waals surface area contributed by atoms with Gasteiger partial charge in [0.2, 0.25) is 10.0 Å². The van der Waals surface area contributed by atoms with Crippen LogP contribution in [0.4, 0.5) is 0 Å². The first-order valence-electron chi connectivity index (χ1n) is 7.40. The molecule has 1 aromatic carbocycles. The number of piperidine rings is 1. The molecule has 4 nitrogen and oxygen atoms in total. The van der Waals surface area contributed by atoms with E-state index in [0.29, 0.717) is 12.5 Å². The van der Waals surface area contributed by atoms with Crippen molar-refractivity contribution < 1.29 is 13.5 Å². The Bertz CT molecular complexity index is 583. The average Bonchev–Trinajstić information content (AvgIpc) is 2.47. The summed E-state index contributed by atoms with van der Waals surface area (Å²) < 4.78 is 27.3. The summed E-state index contributed by atoms with van der Waals surface area (Å²) in [5.74, 6) is 0.351. The normalized spacial score (nSPS) is 28.0. The van der Waals surface area contributed by atoms with E-state index in [0.717, 1.165) is 32.1 Å². The molecule has 2 atom stereocenters. The lowest BCUT2D eigenvalue weighted by Gasteiger charge is -2.43. The van der Waals surface area contributed by atoms with Crippen molar-refractivity contribution in [3.05, 3.63) is 24.3 Å². The van der Waals surface area contributed by atoms with Crippen molar-refractivity contribution in [3.8, 4) is 5.75 Å². The lowest BCUT2D eigenvalue weighted by Crippen LogP contribution is -2.49. The zero-order chi connectivity index (χ0) is 14.2. The van der Waals surface area contributed by atoms with E-state index in [-0.39, 0.29) is 16.7 Å². The van der Waals surface area contributed by atoms with Crippen LogP contribution in [0.3, 0.4) is 0 Å². The highest BCUT2D eigenvalue weighted by Gasteiger charge is 2.40. The fraction of sp³-hybridized carbons (Fsp3) is 0.600. The van der Waals surface area contributed by atoms with Gasteiger partial charge in [0.15, 0.2) is 0 Å². The molecule has 1 aliphatic heterocycles. The molecule has 2 aliphatic rings. The Kier molecular flexibility index (Phi) is 3.73. The predicted molar refractivity (Wildman–Crippen MR) is 77.0 cm³/mol. The van der Waals surface area contributed by atoms with Gasteiger partial charge in [0.25, 0.3) is 0 Å². The van der Waals surface area contributed by atoms with Crippen molar-refractivity contribution in [2.75, 3.05) is 6.54 Å². The van der Waals surface area contributed by atoms with Gasteiger partial charge in [-0.25, -0.2) is 8.42 Å². The predicted octanol–water partition coefficient (Wildman–Crippen LogP) is 2.74. The van der Waals surface area contributed by atoms with Gasteiger partial charge in [0.05, 0.1) is 0 Å². The Morgan fingerprint density at radius 2 is 1.75 bits per heavy atom. The molecule has 0 aromatic heterocycles. The number of fused-ring (bicyclic) bond motifs is 1. The summed E-state index contributed by atoms with van der Waals surface area (Å²) in [5, 5.41) is 9.87. The number of hydrogen-bond acceptors (Lipinski definition) is 3. The smallest absolute Gasteiger partial charge is 0.247 e. The van der Waals surface area contributed by atoms with Crippen LogP contribution < -0.4 is 0 Å². The first kappa shape index (κ1) is 13.9. The van der Waals surface area contributed by atoms with E-state index in [2.05, 4.69) is 0 Å². The van der Waals surface area contributed by atoms with Crippen LogP contribution >= 0.6 is 0 Å². The monoisotopic (exact) mass is 295 g/mol. The Balaban J connectivity index is 1.96. The van der Waals surface area contributed by atoms with Crippen molar-refractivity contribution in [2.45, 2.75) is 49.5 Å². The van der Waals surface area contributed by atoms with Crippen LogP contribution in [0.25, 0.3) is 0 Å². The molecule has 0 spiro atoms. The third kappa shape index (κ3) is 2.33. The molecule has 0 bridgehead atoms. The van der Waals surface area contributed by atoms with Gasteiger partial charge >= 0.3 is 0 Å². The first-order valence-corrected chi connectivity index (χ1v) is 8.84. The van der Waals surface area contributed by atoms with Gasteiger partial charge in [-0.1, -0.05) is 25.0 Å². The highest BCUT2D eigenvalue weighted by molar-refractivity contribution is 7.89. The maximum Gasteiger partial charge on any atom is 0.247 e. The molecule has 3 rings (SSSR count). The molecule has 1 heterocycles. The SMILES string of the molecule is O=S(=O)(c1ccccc1O)N1CCC[C@H]2CCCC[C@H]21. The highest BCUT2D eigenvalue weighted by atomic mass is 32.2. The van der Waals surface area contributed by atoms with Crippen LogP contribution in [0.1, 0.15) is 38.5 Å². The van der Waals surface area contributed by atoms with Crippen LogP contribution in [0.5, 0.6) is 5.75 Å². The summed E-state index contributed by atoms with van der Waals surface area (Å²) in [7, 11) is -3.58. The third-order valence-corrected chi connectivity index (χ3v) is 6.62. The van der Waals surface area contributed by atoms with Gasteiger partial charge in [0, 0.05) is 12.6 Å². The minimum absolute atomic E-state index is 0.0474. The van der Waals surface area contributed by atoms with E-state index in [1.807, 2.05) is 0 Å². The number of benzene rings is 1. The lowest BCUT2D eigenvalue weighted by molar-refractivity contribution is 0.129. The fourth-order valence-corrected chi connectivity index (χ4v) is 5.52. The summed E-state index contributed by atoms with van der Waals surface area (Å²) >= 11 is 0. The van der Waals surface area contributed by atoms with Crippen molar-refractivity contribution in [1.29, 1.82) is 0 Å². The molecule has 1 saturated carbocycles. The number of rotatable bonds is 2. The van der Waals surface area contributed by atoms with Gasteiger partial charge in [-0.2, -0.15) is 4.31 Å². The number of para-hydroxylation sites is 1. The van der Waals surface area contributed by atoms with Gasteiger partial charge in [-0.05, 0) is 43.7 Å². The fourth-order valence-electron chi connectivity index (χ4n) is 3.68. The average molecular weight is 295 g/mol. The molecule has 110 valence electrons. The summed E-state index contributed by atoms with van der Waals surface area (Å²) in [6.45, 7) is 0.581. The van der Waals surface area contributed by atoms with Crippen LogP contribution in [-0.4, -0.2) is 30.4 Å². The molecule has 1 aliphatic carbocycles. The third-order valence-electron chi connectivity index (χ3n) is 4.64. The van der Waals surface area contributed by atoms with E-state index in [9.17, 15) is 13.5 Å². The second-order valence-electron chi connectivity index (χ2n) is 5.84. The Morgan fingerprint density at radius 3 is 2.55 bits per heavy atom. The molecule has 1 N–H and O–H groups in total. The molecule has 1 saturated heterocycles. The summed E-state index contributed by atoms with van der Waals surface area (Å²) in [6.07, 6.45) is 6.47. The number of aromatic hydroxyl groups is 1. The second kappa shape index (κ2) is 5.37. The topological polar surface area (TPSA) is 57.6 Å². The zero-order valence-corrected chi connectivity index (χ0v) is 12.3. The molecule has 0 amide bonds. The van der Waals surface area contributed by atoms with Crippen molar-refractivity contribution in [3.63, 3.8) is 0 Å². The summed E-state index contributed by atoms with van der Waals surface area (Å²) in [6, 6.07) is 6.37. The standard InChI is InChI=1S/C15H21NO3S/c17-14-9-3-4-10-15(14)20(18,19)16-11-5-7-12-6-1-2-8-13(12)16/h3-4,9-10,12-13,17H,1-2,5-8,11H2/t12-,13-/m1/s1. The van der Waals surface area contributed by atoms with Crippen LogP contribution in [0.2, 0.25) is 0 Å². The van der Waals surface area contributed by atoms with Gasteiger partial charge in [0.1, 0.15) is 10.6 Å². The maximum atomic E-state index is 12.8. The molecular weight excluding hydrogens is 274 g/mol. The summed E-state index contributed by atoms with van der Waals surface area (Å²) in [4.78, 5) is 0.0474. The maximum absolute atomic E-state index is 12.8. The number of phenols is 1. The molecular formula is C15H21NO3S. The number of nitrogens with zero attached hydrogens (tertiary/aromatic N) is 1. The van der Waals surface area contributed by atoms with Crippen molar-refractivity contribution in [2.24, 2.45) is 5.92 Å². The molecule has 0 radical (unpaired) electrons. The van der Waals surface area contributed by atoms with Gasteiger partial charge < -0.3 is 5.11 Å². The molecule has 1 aromatic rings. The van der Waals surface area contributed by atoms with Crippen LogP contribution in [0.15, 0.2) is 29.2 Å². The van der Waals surface area contributed by atoms with Crippen molar-refractivity contribution in [1.82, 2.24) is 4.31 Å². The van der Waals surface area contributed by atoms with E-state index >= 15 is 0 Å². The van der Waals surface area contributed by atoms with E-state index < -0.39 is 10.0 Å². The highest BCUT2D eigenvalue weighted by Crippen LogP contribution is 2.39. The second-order valence-corrected chi connectivity index (χ2v) is 7.70. The minimum atomic E-state index is -3.58. The van der Waals surface area contributed by atoms with E-state index in [1.165, 1.54) is 18.6 Å². The lowest BCUT2D eigenvalue weighted by atomic mass is 9.79. The number of phenolic OH excluding ortho intramolecular Hbond substituents is 1. The molecule has 0 unspecified atom stereocenters. The van der Waals surface area contributed by atoms with Crippen LogP contribution in [0, 0.1) is 5.92 Å². The first-order chi connectivity index (χ1) is 9.60. The summed E-state index contributed by atoms with van der Waals surface area (Å²) in [5.41, 5.74) is 0. The molecule has 20 heavy (non-hydrogen) atoms. The van der Waals surface area contributed by atoms with Crippen LogP contribution in [-0.2, 0) is 10.0 Å². The van der Waals surface area contributed by atoms with Gasteiger partial charge in [-0.3, -0.25) is 0 Å². The van der Waals surface area contributed by atoms with E-state index in [1.54, 1.807) is 16.4 Å². The van der Waals surface area contributed by atoms with Crippen molar-refractivity contribution >= 4 is 10.0 Å². The van der Waals surface area contributed by atoms with E-state index in [4.69, 9.17) is 0 Å². The minimum Gasteiger partial charge on any atom is -0.507 e. The van der Waals surface area contributed by atoms with Gasteiger partial charge in [-0.15, -0.1) is 0 Å².